The monoisotopic (exact) mass is 419 g/mol. The Morgan fingerprint density at radius 3 is 2.45 bits per heavy atom. The maximum atomic E-state index is 13.9. The quantitative estimate of drug-likeness (QED) is 0.685. The van der Waals surface area contributed by atoms with Crippen LogP contribution in [0.3, 0.4) is 0 Å². The van der Waals surface area contributed by atoms with Gasteiger partial charge >= 0.3 is 0 Å². The van der Waals surface area contributed by atoms with E-state index in [1.165, 1.54) is 13.2 Å². The van der Waals surface area contributed by atoms with E-state index in [9.17, 15) is 9.18 Å². The van der Waals surface area contributed by atoms with Crippen LogP contribution >= 0.6 is 11.6 Å². The summed E-state index contributed by atoms with van der Waals surface area (Å²) >= 11 is 6.19. The Morgan fingerprint density at radius 1 is 1.21 bits per heavy atom. The number of hydrogen-bond donors (Lipinski definition) is 1. The van der Waals surface area contributed by atoms with Gasteiger partial charge in [-0.3, -0.25) is 4.79 Å². The number of rotatable bonds is 5. The van der Waals surface area contributed by atoms with Crippen LogP contribution in [0.25, 0.3) is 0 Å². The van der Waals surface area contributed by atoms with E-state index >= 15 is 0 Å². The molecule has 6 heteroatoms. The lowest BCUT2D eigenvalue weighted by Gasteiger charge is -2.43. The summed E-state index contributed by atoms with van der Waals surface area (Å²) < 4.78 is 25.4. The summed E-state index contributed by atoms with van der Waals surface area (Å²) in [7, 11) is 1.44. The highest BCUT2D eigenvalue weighted by molar-refractivity contribution is 6.30. The Kier molecular flexibility index (Phi) is 6.49. The molecule has 2 aromatic carbocycles. The Bertz CT molecular complexity index is 888. The molecule has 1 aliphatic heterocycles. The summed E-state index contributed by atoms with van der Waals surface area (Å²) in [6.07, 6.45) is 0.582. The van der Waals surface area contributed by atoms with Gasteiger partial charge in [0.2, 0.25) is 5.91 Å². The standard InChI is InChI=1S/C23H27ClFNO3/c1-14(2)22(27)26-23(3)12-20(15-6-5-7-17(24)10-15)29-21(13-23)16-8-9-18(25)19(11-16)28-4/h5-11,14,20-21H,12-13H2,1-4H3,(H,26,27)/t20-,21+,23-/m0/s1. The zero-order valence-electron chi connectivity index (χ0n) is 17.2. The van der Waals surface area contributed by atoms with Crippen molar-refractivity contribution >= 4 is 17.5 Å². The third kappa shape index (κ3) is 5.09. The van der Waals surface area contributed by atoms with Crippen molar-refractivity contribution in [3.05, 3.63) is 64.4 Å². The predicted octanol–water partition coefficient (Wildman–Crippen LogP) is 5.61. The summed E-state index contributed by atoms with van der Waals surface area (Å²) in [5, 5.41) is 3.82. The maximum Gasteiger partial charge on any atom is 0.222 e. The first-order valence-electron chi connectivity index (χ1n) is 9.77. The molecule has 1 amide bonds. The summed E-state index contributed by atoms with van der Waals surface area (Å²) in [6, 6.07) is 12.3. The minimum Gasteiger partial charge on any atom is -0.494 e. The van der Waals surface area contributed by atoms with Crippen LogP contribution in [0.5, 0.6) is 5.75 Å². The molecule has 1 N–H and O–H groups in total. The molecule has 0 aromatic heterocycles. The van der Waals surface area contributed by atoms with E-state index in [4.69, 9.17) is 21.1 Å². The lowest BCUT2D eigenvalue weighted by Crippen LogP contribution is -2.52. The topological polar surface area (TPSA) is 47.6 Å². The Balaban J connectivity index is 1.96. The van der Waals surface area contributed by atoms with Crippen LogP contribution < -0.4 is 10.1 Å². The van der Waals surface area contributed by atoms with E-state index in [-0.39, 0.29) is 29.8 Å². The van der Waals surface area contributed by atoms with Gasteiger partial charge in [-0.2, -0.15) is 0 Å². The number of carbonyl (C=O) groups is 1. The first kappa shape index (κ1) is 21.6. The average Bonchev–Trinajstić information content (AvgIpc) is 2.67. The van der Waals surface area contributed by atoms with Crippen LogP contribution in [0.2, 0.25) is 5.02 Å². The van der Waals surface area contributed by atoms with Gasteiger partial charge in [0.15, 0.2) is 11.6 Å². The number of ether oxygens (including phenoxy) is 2. The SMILES string of the molecule is COc1cc([C@H]2C[C@@](C)(NC(=O)C(C)C)C[C@@H](c3cccc(Cl)c3)O2)ccc1F. The number of methoxy groups -OCH3 is 1. The van der Waals surface area contributed by atoms with Gasteiger partial charge in [0.1, 0.15) is 0 Å². The third-order valence-electron chi connectivity index (χ3n) is 5.32. The molecule has 0 aliphatic carbocycles. The molecule has 0 unspecified atom stereocenters. The Morgan fingerprint density at radius 2 is 1.86 bits per heavy atom. The fourth-order valence-electron chi connectivity index (χ4n) is 3.72. The van der Waals surface area contributed by atoms with Gasteiger partial charge in [-0.25, -0.2) is 4.39 Å². The molecule has 1 heterocycles. The minimum absolute atomic E-state index is 0.00493. The van der Waals surface area contributed by atoms with Crippen molar-refractivity contribution in [1.82, 2.24) is 5.32 Å². The molecule has 1 fully saturated rings. The molecule has 3 rings (SSSR count). The highest BCUT2D eigenvalue weighted by Crippen LogP contribution is 2.44. The molecule has 1 saturated heterocycles. The zero-order valence-corrected chi connectivity index (χ0v) is 17.9. The molecule has 0 radical (unpaired) electrons. The fourth-order valence-corrected chi connectivity index (χ4v) is 3.92. The summed E-state index contributed by atoms with van der Waals surface area (Å²) in [4.78, 5) is 12.5. The van der Waals surface area contributed by atoms with E-state index in [1.54, 1.807) is 12.1 Å². The van der Waals surface area contributed by atoms with E-state index in [0.717, 1.165) is 11.1 Å². The van der Waals surface area contributed by atoms with Crippen molar-refractivity contribution in [2.45, 2.75) is 51.4 Å². The number of hydrogen-bond acceptors (Lipinski definition) is 3. The first-order valence-corrected chi connectivity index (χ1v) is 10.1. The number of carbonyl (C=O) groups excluding carboxylic acids is 1. The van der Waals surface area contributed by atoms with Crippen LogP contribution in [0.1, 0.15) is 56.9 Å². The highest BCUT2D eigenvalue weighted by Gasteiger charge is 2.40. The zero-order chi connectivity index (χ0) is 21.2. The van der Waals surface area contributed by atoms with Crippen LogP contribution in [-0.4, -0.2) is 18.6 Å². The van der Waals surface area contributed by atoms with Crippen molar-refractivity contribution in [2.24, 2.45) is 5.92 Å². The lowest BCUT2D eigenvalue weighted by atomic mass is 9.81. The highest BCUT2D eigenvalue weighted by atomic mass is 35.5. The number of halogens is 2. The van der Waals surface area contributed by atoms with Gasteiger partial charge < -0.3 is 14.8 Å². The summed E-state index contributed by atoms with van der Waals surface area (Å²) in [6.45, 7) is 5.77. The molecule has 1 aliphatic rings. The van der Waals surface area contributed by atoms with Crippen molar-refractivity contribution in [3.8, 4) is 5.75 Å². The summed E-state index contributed by atoms with van der Waals surface area (Å²) in [5.74, 6) is -0.378. The molecule has 29 heavy (non-hydrogen) atoms. The van der Waals surface area contributed by atoms with E-state index in [0.29, 0.717) is 17.9 Å². The molecule has 0 bridgehead atoms. The van der Waals surface area contributed by atoms with Gasteiger partial charge in [0.25, 0.3) is 0 Å². The van der Waals surface area contributed by atoms with E-state index in [1.807, 2.05) is 45.0 Å². The third-order valence-corrected chi connectivity index (χ3v) is 5.55. The van der Waals surface area contributed by atoms with E-state index < -0.39 is 11.4 Å². The van der Waals surface area contributed by atoms with Crippen molar-refractivity contribution in [1.29, 1.82) is 0 Å². The van der Waals surface area contributed by atoms with Gasteiger partial charge in [-0.15, -0.1) is 0 Å². The van der Waals surface area contributed by atoms with Crippen LogP contribution in [0.15, 0.2) is 42.5 Å². The second kappa shape index (κ2) is 8.72. The second-order valence-electron chi connectivity index (χ2n) is 8.18. The fraction of sp³-hybridized carbons (Fsp3) is 0.435. The molecule has 156 valence electrons. The van der Waals surface area contributed by atoms with Gasteiger partial charge in [-0.1, -0.05) is 43.6 Å². The average molecular weight is 420 g/mol. The maximum absolute atomic E-state index is 13.9. The van der Waals surface area contributed by atoms with Crippen LogP contribution in [0.4, 0.5) is 4.39 Å². The number of benzene rings is 2. The van der Waals surface area contributed by atoms with Crippen LogP contribution in [0, 0.1) is 11.7 Å². The molecule has 2 aromatic rings. The van der Waals surface area contributed by atoms with Gasteiger partial charge in [0, 0.05) is 29.3 Å². The molecule has 3 atom stereocenters. The molecule has 4 nitrogen and oxygen atoms in total. The largest absolute Gasteiger partial charge is 0.494 e. The normalized spacial score (nSPS) is 24.4. The van der Waals surface area contributed by atoms with Crippen molar-refractivity contribution in [3.63, 3.8) is 0 Å². The first-order chi connectivity index (χ1) is 13.7. The predicted molar refractivity (Wildman–Crippen MR) is 112 cm³/mol. The minimum atomic E-state index is -0.487. The van der Waals surface area contributed by atoms with Crippen molar-refractivity contribution in [2.75, 3.05) is 7.11 Å². The van der Waals surface area contributed by atoms with E-state index in [2.05, 4.69) is 5.32 Å². The Labute approximate surface area is 176 Å². The van der Waals surface area contributed by atoms with Gasteiger partial charge in [-0.05, 0) is 42.3 Å². The number of nitrogens with one attached hydrogen (secondary N) is 1. The number of amides is 1. The molecular weight excluding hydrogens is 393 g/mol. The summed E-state index contributed by atoms with van der Waals surface area (Å²) in [5.41, 5.74) is 1.26. The van der Waals surface area contributed by atoms with Crippen molar-refractivity contribution < 1.29 is 18.7 Å². The molecular formula is C23H27ClFNO3. The molecule has 0 spiro atoms. The Hall–Kier alpha value is -2.11. The lowest BCUT2D eigenvalue weighted by molar-refractivity contribution is -0.131. The van der Waals surface area contributed by atoms with Crippen LogP contribution in [-0.2, 0) is 9.53 Å². The second-order valence-corrected chi connectivity index (χ2v) is 8.61. The van der Waals surface area contributed by atoms with Gasteiger partial charge in [0.05, 0.1) is 19.3 Å². The molecule has 0 saturated carbocycles. The smallest absolute Gasteiger partial charge is 0.222 e.